The van der Waals surface area contributed by atoms with Crippen molar-refractivity contribution in [1.29, 1.82) is 0 Å². The number of hydrogen-bond acceptors (Lipinski definition) is 2. The Hall–Kier alpha value is -1.15. The van der Waals surface area contributed by atoms with Crippen LogP contribution < -0.4 is 0 Å². The third kappa shape index (κ3) is 2.14. The number of fused-ring (bicyclic) bond motifs is 2. The van der Waals surface area contributed by atoms with Gasteiger partial charge >= 0.3 is 0 Å². The highest BCUT2D eigenvalue weighted by molar-refractivity contribution is 5.16. The summed E-state index contributed by atoms with van der Waals surface area (Å²) in [6.45, 7) is 3.29. The van der Waals surface area contributed by atoms with Gasteiger partial charge in [0, 0.05) is 31.0 Å². The molecular weight excluding hydrogens is 208 g/mol. The molecule has 0 radical (unpaired) electrons. The van der Waals surface area contributed by atoms with Gasteiger partial charge in [0.2, 0.25) is 0 Å². The Balaban J connectivity index is 1.74. The van der Waals surface area contributed by atoms with E-state index in [2.05, 4.69) is 35.0 Å². The summed E-state index contributed by atoms with van der Waals surface area (Å²) in [7, 11) is 0. The fourth-order valence-corrected chi connectivity index (χ4v) is 3.33. The van der Waals surface area contributed by atoms with E-state index in [0.29, 0.717) is 0 Å². The first-order valence-electron chi connectivity index (χ1n) is 6.65. The van der Waals surface area contributed by atoms with E-state index in [9.17, 15) is 0 Å². The van der Waals surface area contributed by atoms with E-state index in [1.54, 1.807) is 5.57 Å². The van der Waals surface area contributed by atoms with Crippen molar-refractivity contribution in [2.45, 2.75) is 51.2 Å². The van der Waals surface area contributed by atoms with Crippen LogP contribution in [0.2, 0.25) is 0 Å². The summed E-state index contributed by atoms with van der Waals surface area (Å²) in [4.78, 5) is 6.80. The van der Waals surface area contributed by atoms with E-state index in [1.807, 2.05) is 12.4 Å². The number of rotatable bonds is 2. The summed E-state index contributed by atoms with van der Waals surface area (Å²) in [5, 5.41) is 0. The molecule has 0 saturated carbocycles. The summed E-state index contributed by atoms with van der Waals surface area (Å²) in [6.07, 6.45) is 11.5. The molecule has 0 spiro atoms. The molecule has 2 aliphatic heterocycles. The second-order valence-electron chi connectivity index (χ2n) is 5.27. The third-order valence-electron chi connectivity index (χ3n) is 4.29. The van der Waals surface area contributed by atoms with Gasteiger partial charge in [-0.3, -0.25) is 9.88 Å². The van der Waals surface area contributed by atoms with E-state index in [-0.39, 0.29) is 0 Å². The molecule has 1 aromatic heterocycles. The maximum atomic E-state index is 4.09. The summed E-state index contributed by atoms with van der Waals surface area (Å²) >= 11 is 0. The van der Waals surface area contributed by atoms with Gasteiger partial charge in [0.1, 0.15) is 0 Å². The van der Waals surface area contributed by atoms with Crippen LogP contribution in [-0.2, 0) is 6.54 Å². The normalized spacial score (nSPS) is 28.4. The van der Waals surface area contributed by atoms with Crippen LogP contribution in [0, 0.1) is 0 Å². The fourth-order valence-electron chi connectivity index (χ4n) is 3.33. The first-order valence-corrected chi connectivity index (χ1v) is 6.65. The molecule has 2 atom stereocenters. The molecule has 2 fully saturated rings. The Morgan fingerprint density at radius 1 is 1.24 bits per heavy atom. The summed E-state index contributed by atoms with van der Waals surface area (Å²) in [5.74, 6) is 0. The third-order valence-corrected chi connectivity index (χ3v) is 4.29. The Labute approximate surface area is 103 Å². The highest BCUT2D eigenvalue weighted by atomic mass is 15.2. The Morgan fingerprint density at radius 2 is 1.88 bits per heavy atom. The van der Waals surface area contributed by atoms with Crippen LogP contribution in [0.3, 0.4) is 0 Å². The van der Waals surface area contributed by atoms with Crippen molar-refractivity contribution in [2.24, 2.45) is 0 Å². The first kappa shape index (κ1) is 11.0. The topological polar surface area (TPSA) is 16.1 Å². The Morgan fingerprint density at radius 3 is 2.47 bits per heavy atom. The molecule has 2 saturated heterocycles. The zero-order valence-corrected chi connectivity index (χ0v) is 10.5. The molecule has 2 bridgehead atoms. The summed E-state index contributed by atoms with van der Waals surface area (Å²) in [5.41, 5.74) is 3.07. The second kappa shape index (κ2) is 4.61. The van der Waals surface area contributed by atoms with Gasteiger partial charge in [-0.25, -0.2) is 0 Å². The highest BCUT2D eigenvalue weighted by Gasteiger charge is 2.37. The van der Waals surface area contributed by atoms with E-state index in [4.69, 9.17) is 0 Å². The van der Waals surface area contributed by atoms with E-state index in [1.165, 1.54) is 31.2 Å². The molecule has 0 aliphatic carbocycles. The van der Waals surface area contributed by atoms with Crippen molar-refractivity contribution >= 4 is 0 Å². The highest BCUT2D eigenvalue weighted by Crippen LogP contribution is 2.39. The van der Waals surface area contributed by atoms with Gasteiger partial charge in [-0.05, 0) is 50.3 Å². The second-order valence-corrected chi connectivity index (χ2v) is 5.27. The van der Waals surface area contributed by atoms with Gasteiger partial charge in [-0.1, -0.05) is 11.6 Å². The molecular formula is C15H20N2. The van der Waals surface area contributed by atoms with Crippen molar-refractivity contribution in [3.8, 4) is 0 Å². The average molecular weight is 228 g/mol. The van der Waals surface area contributed by atoms with Gasteiger partial charge in [0.05, 0.1) is 0 Å². The minimum Gasteiger partial charge on any atom is -0.293 e. The monoisotopic (exact) mass is 228 g/mol. The lowest BCUT2D eigenvalue weighted by molar-refractivity contribution is 0.157. The largest absolute Gasteiger partial charge is 0.293 e. The average Bonchev–Trinajstić information content (AvgIpc) is 2.63. The maximum Gasteiger partial charge on any atom is 0.0271 e. The first-order chi connectivity index (χ1) is 8.36. The number of allylic oxidation sites excluding steroid dienone is 1. The lowest BCUT2D eigenvalue weighted by atomic mass is 9.96. The zero-order valence-electron chi connectivity index (χ0n) is 10.5. The Bertz CT molecular complexity index is 394. The fraction of sp³-hybridized carbons (Fsp3) is 0.533. The van der Waals surface area contributed by atoms with Crippen LogP contribution in [0.15, 0.2) is 36.2 Å². The minimum absolute atomic E-state index is 0.785. The smallest absolute Gasteiger partial charge is 0.0271 e. The standard InChI is InChI=1S/C15H20N2/c1-2-12-9-14-3-4-15(10-12)17(14)11-13-5-7-16-8-6-13/h2,5-8,14-15H,3-4,9-11H2,1H3. The lowest BCUT2D eigenvalue weighted by Gasteiger charge is -2.36. The minimum atomic E-state index is 0.785. The van der Waals surface area contributed by atoms with Crippen LogP contribution in [0.4, 0.5) is 0 Å². The van der Waals surface area contributed by atoms with Crippen molar-refractivity contribution in [3.63, 3.8) is 0 Å². The predicted molar refractivity (Wildman–Crippen MR) is 69.6 cm³/mol. The van der Waals surface area contributed by atoms with Crippen LogP contribution in [0.25, 0.3) is 0 Å². The van der Waals surface area contributed by atoms with Crippen LogP contribution >= 0.6 is 0 Å². The van der Waals surface area contributed by atoms with Crippen LogP contribution in [0.1, 0.15) is 38.2 Å². The molecule has 2 heteroatoms. The molecule has 2 unspecified atom stereocenters. The number of nitrogens with zero attached hydrogens (tertiary/aromatic N) is 2. The maximum absolute atomic E-state index is 4.09. The van der Waals surface area contributed by atoms with Crippen molar-refractivity contribution in [1.82, 2.24) is 9.88 Å². The van der Waals surface area contributed by atoms with Gasteiger partial charge in [0.25, 0.3) is 0 Å². The zero-order chi connectivity index (χ0) is 11.7. The van der Waals surface area contributed by atoms with Crippen molar-refractivity contribution < 1.29 is 0 Å². The molecule has 3 rings (SSSR count). The summed E-state index contributed by atoms with van der Waals surface area (Å²) < 4.78 is 0. The molecule has 17 heavy (non-hydrogen) atoms. The predicted octanol–water partition coefficient (Wildman–Crippen LogP) is 3.15. The van der Waals surface area contributed by atoms with Gasteiger partial charge in [0.15, 0.2) is 0 Å². The van der Waals surface area contributed by atoms with Gasteiger partial charge in [-0.15, -0.1) is 0 Å². The quantitative estimate of drug-likeness (QED) is 0.723. The number of hydrogen-bond donors (Lipinski definition) is 0. The van der Waals surface area contributed by atoms with E-state index >= 15 is 0 Å². The van der Waals surface area contributed by atoms with Crippen molar-refractivity contribution in [3.05, 3.63) is 41.7 Å². The van der Waals surface area contributed by atoms with Crippen molar-refractivity contribution in [2.75, 3.05) is 0 Å². The Kier molecular flexibility index (Phi) is 2.98. The molecule has 0 N–H and O–H groups in total. The lowest BCUT2D eigenvalue weighted by Crippen LogP contribution is -2.39. The number of aromatic nitrogens is 1. The summed E-state index contributed by atoms with van der Waals surface area (Å²) in [6, 6.07) is 5.86. The molecule has 2 aliphatic rings. The number of piperidine rings is 1. The number of pyridine rings is 1. The molecule has 0 aromatic carbocycles. The van der Waals surface area contributed by atoms with E-state index < -0.39 is 0 Å². The van der Waals surface area contributed by atoms with Gasteiger partial charge < -0.3 is 0 Å². The van der Waals surface area contributed by atoms with Crippen LogP contribution in [-0.4, -0.2) is 22.0 Å². The molecule has 0 amide bonds. The van der Waals surface area contributed by atoms with Gasteiger partial charge in [-0.2, -0.15) is 0 Å². The molecule has 90 valence electrons. The van der Waals surface area contributed by atoms with E-state index in [0.717, 1.165) is 18.6 Å². The SMILES string of the molecule is CC=C1CC2CCC(C1)N2Cc1ccncc1. The molecule has 2 nitrogen and oxygen atoms in total. The molecule has 3 heterocycles. The molecule has 1 aromatic rings. The van der Waals surface area contributed by atoms with Crippen LogP contribution in [0.5, 0.6) is 0 Å².